The molecule has 18 heavy (non-hydrogen) atoms. The number of carbonyl (C=O) groups is 1. The molecule has 2 heterocycles. The third kappa shape index (κ3) is 3.31. The maximum absolute atomic E-state index is 12.0. The number of amides is 1. The first-order valence-corrected chi connectivity index (χ1v) is 7.40. The van der Waals surface area contributed by atoms with E-state index in [4.69, 9.17) is 5.73 Å². The van der Waals surface area contributed by atoms with Crippen LogP contribution in [-0.4, -0.2) is 36.5 Å². The lowest BCUT2D eigenvalue weighted by Gasteiger charge is -2.31. The van der Waals surface area contributed by atoms with Crippen molar-refractivity contribution in [2.24, 2.45) is 5.73 Å². The fourth-order valence-corrected chi connectivity index (χ4v) is 3.01. The lowest BCUT2D eigenvalue weighted by Crippen LogP contribution is -2.46. The summed E-state index contributed by atoms with van der Waals surface area (Å²) >= 11 is 1.53. The van der Waals surface area contributed by atoms with E-state index in [-0.39, 0.29) is 11.9 Å². The van der Waals surface area contributed by atoms with Crippen molar-refractivity contribution in [2.75, 3.05) is 19.6 Å². The zero-order valence-corrected chi connectivity index (χ0v) is 11.6. The normalized spacial score (nSPS) is 19.7. The number of hydrogen-bond donors (Lipinski definition) is 2. The van der Waals surface area contributed by atoms with E-state index >= 15 is 0 Å². The van der Waals surface area contributed by atoms with Gasteiger partial charge in [0.2, 0.25) is 5.91 Å². The van der Waals surface area contributed by atoms with Gasteiger partial charge in [-0.1, -0.05) is 13.0 Å². The Bertz CT molecular complexity index is 372. The van der Waals surface area contributed by atoms with Gasteiger partial charge in [-0.05, 0) is 30.8 Å². The van der Waals surface area contributed by atoms with Crippen molar-refractivity contribution in [3.05, 3.63) is 22.4 Å². The van der Waals surface area contributed by atoms with Gasteiger partial charge in [-0.2, -0.15) is 0 Å². The summed E-state index contributed by atoms with van der Waals surface area (Å²) in [5.41, 5.74) is 5.94. The van der Waals surface area contributed by atoms with Crippen LogP contribution >= 0.6 is 11.3 Å². The van der Waals surface area contributed by atoms with E-state index in [1.807, 2.05) is 17.5 Å². The maximum atomic E-state index is 12.0. The Morgan fingerprint density at radius 3 is 2.89 bits per heavy atom. The number of nitrogens with two attached hydrogens (primary N) is 1. The highest BCUT2D eigenvalue weighted by Crippen LogP contribution is 2.18. The van der Waals surface area contributed by atoms with Crippen LogP contribution in [0.25, 0.3) is 0 Å². The minimum Gasteiger partial charge on any atom is -0.352 e. The van der Waals surface area contributed by atoms with Crippen LogP contribution in [0.2, 0.25) is 0 Å². The number of carbonyl (C=O) groups excluding carboxylic acids is 1. The molecule has 100 valence electrons. The fraction of sp³-hybridized carbons (Fsp3) is 0.615. The van der Waals surface area contributed by atoms with Gasteiger partial charge in [0, 0.05) is 24.0 Å². The Morgan fingerprint density at radius 1 is 1.61 bits per heavy atom. The van der Waals surface area contributed by atoms with Crippen molar-refractivity contribution in [2.45, 2.75) is 31.8 Å². The van der Waals surface area contributed by atoms with E-state index in [2.05, 4.69) is 17.1 Å². The monoisotopic (exact) mass is 267 g/mol. The van der Waals surface area contributed by atoms with Crippen molar-refractivity contribution in [1.29, 1.82) is 0 Å². The molecular weight excluding hydrogens is 246 g/mol. The molecule has 2 rings (SSSR count). The van der Waals surface area contributed by atoms with Gasteiger partial charge >= 0.3 is 0 Å². The Balaban J connectivity index is 1.81. The molecule has 4 nitrogen and oxygen atoms in total. The van der Waals surface area contributed by atoms with E-state index in [0.29, 0.717) is 0 Å². The van der Waals surface area contributed by atoms with Crippen LogP contribution in [0.1, 0.15) is 30.7 Å². The standard InChI is InChI=1S/C13H21N3OS/c1-2-16-7-5-10(6-8-16)15-13(17)12(14)11-4-3-9-18-11/h3-4,9-10,12H,2,5-8,14H2,1H3,(H,15,17). The van der Waals surface area contributed by atoms with Gasteiger partial charge in [0.05, 0.1) is 0 Å². The second kappa shape index (κ2) is 6.31. The largest absolute Gasteiger partial charge is 0.352 e. The molecular formula is C13H21N3OS. The van der Waals surface area contributed by atoms with Gasteiger partial charge in [0.1, 0.15) is 6.04 Å². The van der Waals surface area contributed by atoms with Gasteiger partial charge in [0.15, 0.2) is 0 Å². The first-order chi connectivity index (χ1) is 8.70. The molecule has 1 aliphatic rings. The minimum atomic E-state index is -0.519. The summed E-state index contributed by atoms with van der Waals surface area (Å²) in [5, 5.41) is 5.01. The highest BCUT2D eigenvalue weighted by atomic mass is 32.1. The molecule has 1 aromatic heterocycles. The zero-order valence-electron chi connectivity index (χ0n) is 10.8. The highest BCUT2D eigenvalue weighted by Gasteiger charge is 2.23. The molecule has 1 amide bonds. The topological polar surface area (TPSA) is 58.4 Å². The van der Waals surface area contributed by atoms with Gasteiger partial charge in [-0.3, -0.25) is 4.79 Å². The summed E-state index contributed by atoms with van der Waals surface area (Å²) in [5.74, 6) is -0.0487. The molecule has 0 aromatic carbocycles. The van der Waals surface area contributed by atoms with Crippen molar-refractivity contribution >= 4 is 17.2 Å². The third-order valence-electron chi connectivity index (χ3n) is 3.51. The average Bonchev–Trinajstić information content (AvgIpc) is 2.92. The molecule has 0 spiro atoms. The molecule has 0 radical (unpaired) electrons. The van der Waals surface area contributed by atoms with Crippen LogP contribution in [0.5, 0.6) is 0 Å². The molecule has 1 unspecified atom stereocenters. The van der Waals surface area contributed by atoms with Gasteiger partial charge in [-0.15, -0.1) is 11.3 Å². The fourth-order valence-electron chi connectivity index (χ4n) is 2.28. The minimum absolute atomic E-state index is 0.0487. The van der Waals surface area contributed by atoms with Crippen LogP contribution in [0.3, 0.4) is 0 Å². The number of nitrogens with one attached hydrogen (secondary N) is 1. The summed E-state index contributed by atoms with van der Waals surface area (Å²) in [6.07, 6.45) is 2.05. The van der Waals surface area contributed by atoms with Crippen LogP contribution in [0.15, 0.2) is 17.5 Å². The Hall–Kier alpha value is -0.910. The predicted octanol–water partition coefficient (Wildman–Crippen LogP) is 1.35. The first-order valence-electron chi connectivity index (χ1n) is 6.52. The number of nitrogens with zero attached hydrogens (tertiary/aromatic N) is 1. The molecule has 1 aromatic rings. The summed E-state index contributed by atoms with van der Waals surface area (Å²) < 4.78 is 0. The second-order valence-electron chi connectivity index (χ2n) is 4.71. The Kier molecular flexibility index (Phi) is 4.74. The average molecular weight is 267 g/mol. The number of hydrogen-bond acceptors (Lipinski definition) is 4. The SMILES string of the molecule is CCN1CCC(NC(=O)C(N)c2cccs2)CC1. The van der Waals surface area contributed by atoms with Crippen LogP contribution in [0, 0.1) is 0 Å². The molecule has 1 fully saturated rings. The van der Waals surface area contributed by atoms with E-state index < -0.39 is 6.04 Å². The first kappa shape index (κ1) is 13.5. The lowest BCUT2D eigenvalue weighted by molar-refractivity contribution is -0.123. The second-order valence-corrected chi connectivity index (χ2v) is 5.69. The predicted molar refractivity (Wildman–Crippen MR) is 74.5 cm³/mol. The molecule has 0 saturated carbocycles. The zero-order chi connectivity index (χ0) is 13.0. The van der Waals surface area contributed by atoms with Gasteiger partial charge < -0.3 is 16.0 Å². The molecule has 1 aliphatic heterocycles. The quantitative estimate of drug-likeness (QED) is 0.866. The Labute approximate surface area is 112 Å². The summed E-state index contributed by atoms with van der Waals surface area (Å²) in [6, 6.07) is 3.60. The molecule has 0 bridgehead atoms. The van der Waals surface area contributed by atoms with E-state index in [9.17, 15) is 4.79 Å². The summed E-state index contributed by atoms with van der Waals surface area (Å²) in [4.78, 5) is 15.4. The van der Waals surface area contributed by atoms with Crippen molar-refractivity contribution < 1.29 is 4.79 Å². The van der Waals surface area contributed by atoms with E-state index in [0.717, 1.165) is 37.4 Å². The van der Waals surface area contributed by atoms with Crippen molar-refractivity contribution in [3.63, 3.8) is 0 Å². The molecule has 1 saturated heterocycles. The van der Waals surface area contributed by atoms with Crippen LogP contribution in [0.4, 0.5) is 0 Å². The van der Waals surface area contributed by atoms with Gasteiger partial charge in [-0.25, -0.2) is 0 Å². The van der Waals surface area contributed by atoms with E-state index in [1.54, 1.807) is 0 Å². The van der Waals surface area contributed by atoms with Crippen molar-refractivity contribution in [1.82, 2.24) is 10.2 Å². The molecule has 3 N–H and O–H groups in total. The summed E-state index contributed by atoms with van der Waals surface area (Å²) in [7, 11) is 0. The van der Waals surface area contributed by atoms with Gasteiger partial charge in [0.25, 0.3) is 0 Å². The lowest BCUT2D eigenvalue weighted by atomic mass is 10.0. The maximum Gasteiger partial charge on any atom is 0.242 e. The third-order valence-corrected chi connectivity index (χ3v) is 4.47. The van der Waals surface area contributed by atoms with Crippen LogP contribution < -0.4 is 11.1 Å². The number of likely N-dealkylation sites (tertiary alicyclic amines) is 1. The smallest absolute Gasteiger partial charge is 0.242 e. The van der Waals surface area contributed by atoms with E-state index in [1.165, 1.54) is 11.3 Å². The summed E-state index contributed by atoms with van der Waals surface area (Å²) in [6.45, 7) is 5.40. The van der Waals surface area contributed by atoms with Crippen molar-refractivity contribution in [3.8, 4) is 0 Å². The molecule has 5 heteroatoms. The van der Waals surface area contributed by atoms with Crippen LogP contribution in [-0.2, 0) is 4.79 Å². The molecule has 1 atom stereocenters. The number of thiophene rings is 1. The number of rotatable bonds is 4. The molecule has 0 aliphatic carbocycles. The highest BCUT2D eigenvalue weighted by molar-refractivity contribution is 7.10. The number of piperidine rings is 1. The Morgan fingerprint density at radius 2 is 2.33 bits per heavy atom.